The van der Waals surface area contributed by atoms with Crippen LogP contribution in [0.25, 0.3) is 0 Å². The van der Waals surface area contributed by atoms with Crippen molar-refractivity contribution in [1.29, 1.82) is 0 Å². The third kappa shape index (κ3) is 3.12. The molecule has 5 nitrogen and oxygen atoms in total. The lowest BCUT2D eigenvalue weighted by atomic mass is 9.86. The standard InChI is InChI=1S/C14H14F2N4OS/c15-10-2-1-8(5-11(10)16)9-3-4-17-6-12(9)19-14(21)13-7-18-20-22-13/h1-2,5,7,9,12,17H,3-4,6H2,(H,19,21). The SMILES string of the molecule is O=C(NC1CNCCC1c1ccc(F)c(F)c1)c1cnns1. The van der Waals surface area contributed by atoms with E-state index in [1.807, 2.05) is 0 Å². The zero-order valence-corrected chi connectivity index (χ0v) is 12.4. The summed E-state index contributed by atoms with van der Waals surface area (Å²) in [6, 6.07) is 3.70. The number of hydrogen-bond donors (Lipinski definition) is 2. The van der Waals surface area contributed by atoms with Crippen LogP contribution in [0.4, 0.5) is 8.78 Å². The molecule has 2 heterocycles. The Hall–Kier alpha value is -1.93. The number of hydrogen-bond acceptors (Lipinski definition) is 5. The smallest absolute Gasteiger partial charge is 0.264 e. The van der Waals surface area contributed by atoms with Gasteiger partial charge in [0.1, 0.15) is 4.88 Å². The number of halogens is 2. The van der Waals surface area contributed by atoms with Crippen LogP contribution in [0, 0.1) is 11.6 Å². The topological polar surface area (TPSA) is 66.9 Å². The van der Waals surface area contributed by atoms with Crippen LogP contribution in [0.2, 0.25) is 0 Å². The van der Waals surface area contributed by atoms with Crippen LogP contribution in [0.1, 0.15) is 27.6 Å². The zero-order valence-electron chi connectivity index (χ0n) is 11.6. The molecule has 0 aliphatic carbocycles. The van der Waals surface area contributed by atoms with Gasteiger partial charge in [-0.25, -0.2) is 8.78 Å². The summed E-state index contributed by atoms with van der Waals surface area (Å²) in [5.74, 6) is -2.06. The summed E-state index contributed by atoms with van der Waals surface area (Å²) in [5.41, 5.74) is 0.688. The molecule has 0 bridgehead atoms. The third-order valence-corrected chi connectivity index (χ3v) is 4.42. The number of nitrogens with one attached hydrogen (secondary N) is 2. The molecule has 0 saturated carbocycles. The minimum Gasteiger partial charge on any atom is -0.347 e. The largest absolute Gasteiger partial charge is 0.347 e. The number of nitrogens with zero attached hydrogens (tertiary/aromatic N) is 2. The first-order chi connectivity index (χ1) is 10.6. The summed E-state index contributed by atoms with van der Waals surface area (Å²) in [7, 11) is 0. The van der Waals surface area contributed by atoms with Gasteiger partial charge in [-0.2, -0.15) is 0 Å². The van der Waals surface area contributed by atoms with Crippen LogP contribution < -0.4 is 10.6 Å². The van der Waals surface area contributed by atoms with Crippen molar-refractivity contribution in [3.05, 3.63) is 46.5 Å². The lowest BCUT2D eigenvalue weighted by molar-refractivity contribution is 0.0928. The molecule has 22 heavy (non-hydrogen) atoms. The summed E-state index contributed by atoms with van der Waals surface area (Å²) in [5, 5.41) is 9.75. The van der Waals surface area contributed by atoms with E-state index >= 15 is 0 Å². The second-order valence-corrected chi connectivity index (χ2v) is 5.92. The fraction of sp³-hybridized carbons (Fsp3) is 0.357. The van der Waals surface area contributed by atoms with Gasteiger partial charge >= 0.3 is 0 Å². The van der Waals surface area contributed by atoms with E-state index in [4.69, 9.17) is 0 Å². The van der Waals surface area contributed by atoms with Crippen LogP contribution >= 0.6 is 11.5 Å². The lowest BCUT2D eigenvalue weighted by Crippen LogP contribution is -2.49. The summed E-state index contributed by atoms with van der Waals surface area (Å²) >= 11 is 1.02. The van der Waals surface area contributed by atoms with Crippen LogP contribution in [-0.4, -0.2) is 34.6 Å². The molecule has 2 N–H and O–H groups in total. The Kier molecular flexibility index (Phi) is 4.39. The second kappa shape index (κ2) is 6.45. The van der Waals surface area contributed by atoms with E-state index in [0.717, 1.165) is 30.6 Å². The predicted molar refractivity (Wildman–Crippen MR) is 77.7 cm³/mol. The van der Waals surface area contributed by atoms with Gasteiger partial charge in [0.15, 0.2) is 11.6 Å². The van der Waals surface area contributed by atoms with E-state index < -0.39 is 11.6 Å². The van der Waals surface area contributed by atoms with Crippen molar-refractivity contribution in [2.75, 3.05) is 13.1 Å². The molecular weight excluding hydrogens is 310 g/mol. The van der Waals surface area contributed by atoms with Gasteiger partial charge in [0.2, 0.25) is 0 Å². The van der Waals surface area contributed by atoms with Crippen molar-refractivity contribution in [2.45, 2.75) is 18.4 Å². The second-order valence-electron chi connectivity index (χ2n) is 5.13. The monoisotopic (exact) mass is 324 g/mol. The molecule has 1 aliphatic heterocycles. The Labute approximate surface area is 129 Å². The molecule has 1 fully saturated rings. The van der Waals surface area contributed by atoms with Crippen LogP contribution in [-0.2, 0) is 0 Å². The van der Waals surface area contributed by atoms with Crippen molar-refractivity contribution < 1.29 is 13.6 Å². The Morgan fingerprint density at radius 3 is 2.95 bits per heavy atom. The third-order valence-electron chi connectivity index (χ3n) is 3.76. The quantitative estimate of drug-likeness (QED) is 0.902. The van der Waals surface area contributed by atoms with Gasteiger partial charge in [-0.15, -0.1) is 5.10 Å². The van der Waals surface area contributed by atoms with Crippen LogP contribution in [0.3, 0.4) is 0 Å². The molecule has 1 aromatic heterocycles. The van der Waals surface area contributed by atoms with E-state index in [0.29, 0.717) is 17.0 Å². The number of aromatic nitrogens is 2. The van der Waals surface area contributed by atoms with Gasteiger partial charge in [0.25, 0.3) is 5.91 Å². The number of amides is 1. The van der Waals surface area contributed by atoms with E-state index in [2.05, 4.69) is 20.2 Å². The van der Waals surface area contributed by atoms with Gasteiger partial charge < -0.3 is 10.6 Å². The Balaban J connectivity index is 1.79. The average Bonchev–Trinajstić information content (AvgIpc) is 3.05. The lowest BCUT2D eigenvalue weighted by Gasteiger charge is -2.33. The molecule has 3 rings (SSSR count). The van der Waals surface area contributed by atoms with Crippen molar-refractivity contribution in [2.24, 2.45) is 0 Å². The first-order valence-corrected chi connectivity index (χ1v) is 7.66. The van der Waals surface area contributed by atoms with E-state index in [1.165, 1.54) is 12.3 Å². The highest BCUT2D eigenvalue weighted by atomic mass is 32.1. The van der Waals surface area contributed by atoms with Crippen molar-refractivity contribution in [3.8, 4) is 0 Å². The maximum atomic E-state index is 13.5. The molecule has 0 radical (unpaired) electrons. The van der Waals surface area contributed by atoms with Gasteiger partial charge in [-0.3, -0.25) is 4.79 Å². The van der Waals surface area contributed by atoms with E-state index in [9.17, 15) is 13.6 Å². The van der Waals surface area contributed by atoms with Crippen molar-refractivity contribution >= 4 is 17.4 Å². The highest BCUT2D eigenvalue weighted by Crippen LogP contribution is 2.27. The van der Waals surface area contributed by atoms with Crippen molar-refractivity contribution in [3.63, 3.8) is 0 Å². The zero-order chi connectivity index (χ0) is 15.5. The first-order valence-electron chi connectivity index (χ1n) is 6.89. The molecule has 0 spiro atoms. The number of piperidine rings is 1. The number of carbonyl (C=O) groups is 1. The molecule has 2 aromatic rings. The molecule has 2 unspecified atom stereocenters. The highest BCUT2D eigenvalue weighted by molar-refractivity contribution is 7.07. The Bertz CT molecular complexity index is 665. The number of carbonyl (C=O) groups excluding carboxylic acids is 1. The van der Waals surface area contributed by atoms with Gasteiger partial charge in [-0.05, 0) is 42.2 Å². The molecule has 116 valence electrons. The van der Waals surface area contributed by atoms with Gasteiger partial charge in [0, 0.05) is 18.5 Å². The van der Waals surface area contributed by atoms with Crippen molar-refractivity contribution in [1.82, 2.24) is 20.2 Å². The minimum absolute atomic E-state index is 0.0684. The summed E-state index contributed by atoms with van der Waals surface area (Å²) in [6.45, 7) is 1.33. The summed E-state index contributed by atoms with van der Waals surface area (Å²) in [4.78, 5) is 12.6. The molecular formula is C14H14F2N4OS. The average molecular weight is 324 g/mol. The Morgan fingerprint density at radius 2 is 2.23 bits per heavy atom. The predicted octanol–water partition coefficient (Wildman–Crippen LogP) is 1.69. The fourth-order valence-electron chi connectivity index (χ4n) is 2.66. The Morgan fingerprint density at radius 1 is 1.36 bits per heavy atom. The number of benzene rings is 1. The maximum Gasteiger partial charge on any atom is 0.264 e. The molecule has 2 atom stereocenters. The van der Waals surface area contributed by atoms with E-state index in [-0.39, 0.29) is 17.9 Å². The van der Waals surface area contributed by atoms with Crippen LogP contribution in [0.5, 0.6) is 0 Å². The molecule has 8 heteroatoms. The highest BCUT2D eigenvalue weighted by Gasteiger charge is 2.29. The summed E-state index contributed by atoms with van der Waals surface area (Å²) < 4.78 is 30.2. The molecule has 1 aromatic carbocycles. The number of rotatable bonds is 3. The maximum absolute atomic E-state index is 13.5. The molecule has 1 saturated heterocycles. The van der Waals surface area contributed by atoms with Gasteiger partial charge in [-0.1, -0.05) is 10.6 Å². The van der Waals surface area contributed by atoms with E-state index in [1.54, 1.807) is 6.07 Å². The molecule has 1 amide bonds. The normalized spacial score (nSPS) is 21.5. The fourth-order valence-corrected chi connectivity index (χ4v) is 3.08. The first kappa shape index (κ1) is 15.0. The van der Waals surface area contributed by atoms with Gasteiger partial charge in [0.05, 0.1) is 6.20 Å². The molecule has 1 aliphatic rings. The van der Waals surface area contributed by atoms with Crippen LogP contribution in [0.15, 0.2) is 24.4 Å². The minimum atomic E-state index is -0.868. The summed E-state index contributed by atoms with van der Waals surface area (Å²) in [6.07, 6.45) is 2.14.